The summed E-state index contributed by atoms with van der Waals surface area (Å²) in [6, 6.07) is 0. The maximum absolute atomic E-state index is 10.5. The lowest BCUT2D eigenvalue weighted by Crippen LogP contribution is -2.29. The van der Waals surface area contributed by atoms with Crippen molar-refractivity contribution in [3.63, 3.8) is 0 Å². The molecule has 2 N–H and O–H groups in total. The third-order valence-electron chi connectivity index (χ3n) is 2.27. The Morgan fingerprint density at radius 2 is 2.00 bits per heavy atom. The van der Waals surface area contributed by atoms with Crippen LogP contribution in [0.1, 0.15) is 26.2 Å². The van der Waals surface area contributed by atoms with E-state index < -0.39 is 12.1 Å². The Labute approximate surface area is 66.0 Å². The predicted molar refractivity (Wildman–Crippen MR) is 40.1 cm³/mol. The summed E-state index contributed by atoms with van der Waals surface area (Å²) in [5.41, 5.74) is 0. The summed E-state index contributed by atoms with van der Waals surface area (Å²) in [4.78, 5) is 10.5. The average molecular weight is 158 g/mol. The highest BCUT2D eigenvalue weighted by molar-refractivity contribution is 5.70. The van der Waals surface area contributed by atoms with Gasteiger partial charge in [0.15, 0.2) is 0 Å². The van der Waals surface area contributed by atoms with Gasteiger partial charge in [-0.15, -0.1) is 0 Å². The van der Waals surface area contributed by atoms with Gasteiger partial charge in [0.05, 0.1) is 12.0 Å². The molecule has 0 heterocycles. The topological polar surface area (TPSA) is 57.5 Å². The lowest BCUT2D eigenvalue weighted by Gasteiger charge is -2.27. The zero-order valence-electron chi connectivity index (χ0n) is 6.66. The summed E-state index contributed by atoms with van der Waals surface area (Å²) in [7, 11) is 0. The Bertz CT molecular complexity index is 145. The molecule has 0 saturated heterocycles. The van der Waals surface area contributed by atoms with Gasteiger partial charge in [0.2, 0.25) is 0 Å². The molecule has 0 amide bonds. The van der Waals surface area contributed by atoms with E-state index in [1.54, 1.807) is 0 Å². The molecule has 0 bridgehead atoms. The van der Waals surface area contributed by atoms with Gasteiger partial charge in [-0.05, 0) is 25.2 Å². The first kappa shape index (κ1) is 8.53. The molecular formula is C8H14O3. The number of hydrogen-bond acceptors (Lipinski definition) is 2. The van der Waals surface area contributed by atoms with Crippen LogP contribution >= 0.6 is 0 Å². The van der Waals surface area contributed by atoms with Gasteiger partial charge in [0.1, 0.15) is 0 Å². The predicted octanol–water partition coefficient (Wildman–Crippen LogP) is 0.868. The van der Waals surface area contributed by atoms with Crippen LogP contribution in [-0.4, -0.2) is 22.3 Å². The van der Waals surface area contributed by atoms with Crippen LogP contribution in [0, 0.1) is 11.8 Å². The lowest BCUT2D eigenvalue weighted by molar-refractivity contribution is -0.144. The normalized spacial score (nSPS) is 38.5. The van der Waals surface area contributed by atoms with E-state index in [0.717, 1.165) is 6.42 Å². The fourth-order valence-electron chi connectivity index (χ4n) is 1.77. The molecule has 0 radical (unpaired) electrons. The van der Waals surface area contributed by atoms with E-state index in [9.17, 15) is 9.90 Å². The second kappa shape index (κ2) is 3.22. The molecule has 1 aliphatic rings. The molecule has 1 saturated carbocycles. The highest BCUT2D eigenvalue weighted by Gasteiger charge is 2.29. The largest absolute Gasteiger partial charge is 0.481 e. The molecule has 0 aromatic rings. The van der Waals surface area contributed by atoms with Crippen molar-refractivity contribution in [2.75, 3.05) is 0 Å². The zero-order chi connectivity index (χ0) is 8.43. The number of carboxylic acids is 1. The third-order valence-corrected chi connectivity index (χ3v) is 2.27. The number of rotatable bonds is 1. The highest BCUT2D eigenvalue weighted by Crippen LogP contribution is 2.28. The molecule has 3 nitrogen and oxygen atoms in total. The second-order valence-corrected chi connectivity index (χ2v) is 3.50. The SMILES string of the molecule is CC1CC(O)CC(C(=O)O)C1. The van der Waals surface area contributed by atoms with Crippen molar-refractivity contribution in [2.45, 2.75) is 32.3 Å². The quantitative estimate of drug-likeness (QED) is 0.595. The fourth-order valence-corrected chi connectivity index (χ4v) is 1.77. The minimum Gasteiger partial charge on any atom is -0.481 e. The van der Waals surface area contributed by atoms with Gasteiger partial charge in [0, 0.05) is 0 Å². The average Bonchev–Trinajstić information content (AvgIpc) is 1.85. The van der Waals surface area contributed by atoms with Gasteiger partial charge in [0.25, 0.3) is 0 Å². The number of carbonyl (C=O) groups is 1. The fraction of sp³-hybridized carbons (Fsp3) is 0.875. The summed E-state index contributed by atoms with van der Waals surface area (Å²) in [5.74, 6) is -0.746. The molecule has 0 aromatic heterocycles. The Hall–Kier alpha value is -0.570. The molecule has 0 aromatic carbocycles. The molecular weight excluding hydrogens is 144 g/mol. The molecule has 64 valence electrons. The summed E-state index contributed by atoms with van der Waals surface area (Å²) in [5, 5.41) is 17.9. The van der Waals surface area contributed by atoms with Crippen molar-refractivity contribution in [1.29, 1.82) is 0 Å². The molecule has 3 atom stereocenters. The molecule has 0 spiro atoms. The molecule has 1 aliphatic carbocycles. The van der Waals surface area contributed by atoms with Crippen LogP contribution in [0.5, 0.6) is 0 Å². The van der Waals surface area contributed by atoms with Crippen LogP contribution in [0.2, 0.25) is 0 Å². The lowest BCUT2D eigenvalue weighted by atomic mass is 9.81. The minimum absolute atomic E-state index is 0.325. The van der Waals surface area contributed by atoms with Crippen molar-refractivity contribution < 1.29 is 15.0 Å². The molecule has 3 unspecified atom stereocenters. The van der Waals surface area contributed by atoms with E-state index in [-0.39, 0.29) is 5.92 Å². The number of hydrogen-bond donors (Lipinski definition) is 2. The molecule has 1 rings (SSSR count). The van der Waals surface area contributed by atoms with E-state index in [4.69, 9.17) is 5.11 Å². The van der Waals surface area contributed by atoms with E-state index in [0.29, 0.717) is 18.8 Å². The summed E-state index contributed by atoms with van der Waals surface area (Å²) in [6.45, 7) is 1.98. The Balaban J connectivity index is 2.49. The van der Waals surface area contributed by atoms with Gasteiger partial charge in [-0.1, -0.05) is 6.92 Å². The number of aliphatic carboxylic acids is 1. The van der Waals surface area contributed by atoms with Crippen molar-refractivity contribution >= 4 is 5.97 Å². The smallest absolute Gasteiger partial charge is 0.306 e. The Morgan fingerprint density at radius 3 is 2.45 bits per heavy atom. The molecule has 1 fully saturated rings. The minimum atomic E-state index is -0.768. The third kappa shape index (κ3) is 2.19. The van der Waals surface area contributed by atoms with E-state index in [2.05, 4.69) is 0 Å². The number of carboxylic acid groups (broad SMARTS) is 1. The summed E-state index contributed by atoms with van der Waals surface area (Å²) >= 11 is 0. The first-order valence-electron chi connectivity index (χ1n) is 4.00. The van der Waals surface area contributed by atoms with Gasteiger partial charge in [-0.25, -0.2) is 0 Å². The van der Waals surface area contributed by atoms with Crippen LogP contribution in [-0.2, 0) is 4.79 Å². The van der Waals surface area contributed by atoms with Crippen LogP contribution in [0.4, 0.5) is 0 Å². The summed E-state index contributed by atoms with van der Waals surface area (Å²) < 4.78 is 0. The number of aliphatic hydroxyl groups excluding tert-OH is 1. The maximum Gasteiger partial charge on any atom is 0.306 e. The van der Waals surface area contributed by atoms with Crippen molar-refractivity contribution in [2.24, 2.45) is 11.8 Å². The zero-order valence-corrected chi connectivity index (χ0v) is 6.66. The van der Waals surface area contributed by atoms with E-state index in [1.807, 2.05) is 6.92 Å². The monoisotopic (exact) mass is 158 g/mol. The maximum atomic E-state index is 10.5. The molecule has 3 heteroatoms. The first-order valence-corrected chi connectivity index (χ1v) is 4.00. The van der Waals surface area contributed by atoms with E-state index >= 15 is 0 Å². The second-order valence-electron chi connectivity index (χ2n) is 3.50. The van der Waals surface area contributed by atoms with Crippen molar-refractivity contribution in [3.8, 4) is 0 Å². The molecule has 11 heavy (non-hydrogen) atoms. The Kier molecular flexibility index (Phi) is 2.49. The van der Waals surface area contributed by atoms with Crippen molar-refractivity contribution in [3.05, 3.63) is 0 Å². The van der Waals surface area contributed by atoms with Crippen LogP contribution < -0.4 is 0 Å². The van der Waals surface area contributed by atoms with E-state index in [1.165, 1.54) is 0 Å². The van der Waals surface area contributed by atoms with Crippen LogP contribution in [0.3, 0.4) is 0 Å². The number of aliphatic hydroxyl groups is 1. The highest BCUT2D eigenvalue weighted by atomic mass is 16.4. The van der Waals surface area contributed by atoms with Gasteiger partial charge < -0.3 is 10.2 Å². The molecule has 0 aliphatic heterocycles. The van der Waals surface area contributed by atoms with Crippen molar-refractivity contribution in [1.82, 2.24) is 0 Å². The standard InChI is InChI=1S/C8H14O3/c1-5-2-6(8(10)11)4-7(9)3-5/h5-7,9H,2-4H2,1H3,(H,10,11). The summed E-state index contributed by atoms with van der Waals surface area (Å²) in [6.07, 6.45) is 1.50. The van der Waals surface area contributed by atoms with Gasteiger partial charge in [-0.2, -0.15) is 0 Å². The first-order chi connectivity index (χ1) is 5.09. The van der Waals surface area contributed by atoms with Gasteiger partial charge >= 0.3 is 5.97 Å². The Morgan fingerprint density at radius 1 is 1.36 bits per heavy atom. The van der Waals surface area contributed by atoms with Crippen LogP contribution in [0.25, 0.3) is 0 Å². The van der Waals surface area contributed by atoms with Crippen LogP contribution in [0.15, 0.2) is 0 Å². The van der Waals surface area contributed by atoms with Gasteiger partial charge in [-0.3, -0.25) is 4.79 Å².